The van der Waals surface area contributed by atoms with Crippen LogP contribution in [0.25, 0.3) is 22.8 Å². The first-order valence-corrected chi connectivity index (χ1v) is 7.81. The Balaban J connectivity index is 2.26. The van der Waals surface area contributed by atoms with Crippen LogP contribution in [0, 0.1) is 11.6 Å². The molecular weight excluding hydrogens is 391 g/mol. The maximum atomic E-state index is 14.7. The zero-order valence-corrected chi connectivity index (χ0v) is 15.0. The van der Waals surface area contributed by atoms with Crippen molar-refractivity contribution in [2.24, 2.45) is 0 Å². The van der Waals surface area contributed by atoms with Crippen molar-refractivity contribution >= 4 is 28.9 Å². The number of nitrogens with zero attached hydrogens (tertiary/aromatic N) is 2. The lowest BCUT2D eigenvalue weighted by Crippen LogP contribution is -2.03. The molecule has 2 heterocycles. The SMILES string of the molecule is COc1cnc(-c2nc(-c3ccc(Cl)c(OC)c3F)c(F)c(N)c2Cl)o1. The van der Waals surface area contributed by atoms with Gasteiger partial charge in [-0.15, -0.1) is 0 Å². The monoisotopic (exact) mass is 401 g/mol. The van der Waals surface area contributed by atoms with Crippen LogP contribution in [0.1, 0.15) is 0 Å². The van der Waals surface area contributed by atoms with Gasteiger partial charge in [0.25, 0.3) is 5.89 Å². The van der Waals surface area contributed by atoms with Gasteiger partial charge in [0.2, 0.25) is 0 Å². The number of benzene rings is 1. The molecule has 0 fully saturated rings. The van der Waals surface area contributed by atoms with Gasteiger partial charge in [0.1, 0.15) is 17.6 Å². The molecule has 0 atom stereocenters. The molecule has 2 aromatic heterocycles. The lowest BCUT2D eigenvalue weighted by molar-refractivity contribution is 0.308. The molecule has 0 saturated carbocycles. The van der Waals surface area contributed by atoms with Crippen molar-refractivity contribution in [2.45, 2.75) is 0 Å². The quantitative estimate of drug-likeness (QED) is 0.688. The van der Waals surface area contributed by atoms with E-state index >= 15 is 0 Å². The van der Waals surface area contributed by atoms with Crippen molar-refractivity contribution < 1.29 is 22.7 Å². The Kier molecular flexibility index (Phi) is 4.88. The van der Waals surface area contributed by atoms with Crippen LogP contribution in [0.3, 0.4) is 0 Å². The van der Waals surface area contributed by atoms with Gasteiger partial charge in [-0.25, -0.2) is 18.7 Å². The molecule has 6 nitrogen and oxygen atoms in total. The highest BCUT2D eigenvalue weighted by atomic mass is 35.5. The number of aromatic nitrogens is 2. The molecule has 0 aliphatic heterocycles. The van der Waals surface area contributed by atoms with E-state index in [0.29, 0.717) is 0 Å². The average Bonchev–Trinajstić information content (AvgIpc) is 3.10. The molecule has 0 spiro atoms. The summed E-state index contributed by atoms with van der Waals surface area (Å²) in [5.74, 6) is -2.13. The van der Waals surface area contributed by atoms with E-state index in [9.17, 15) is 8.78 Å². The Hall–Kier alpha value is -2.58. The summed E-state index contributed by atoms with van der Waals surface area (Å²) in [6.45, 7) is 0. The van der Waals surface area contributed by atoms with Crippen molar-refractivity contribution in [1.29, 1.82) is 0 Å². The number of nitrogen functional groups attached to an aromatic ring is 1. The molecule has 10 heteroatoms. The van der Waals surface area contributed by atoms with Crippen LogP contribution in [-0.4, -0.2) is 24.2 Å². The lowest BCUT2D eigenvalue weighted by atomic mass is 10.1. The van der Waals surface area contributed by atoms with Gasteiger partial charge in [-0.05, 0) is 12.1 Å². The van der Waals surface area contributed by atoms with Crippen LogP contribution >= 0.6 is 23.2 Å². The van der Waals surface area contributed by atoms with Crippen LogP contribution in [0.4, 0.5) is 14.5 Å². The molecule has 136 valence electrons. The first-order chi connectivity index (χ1) is 12.4. The number of anilines is 1. The molecular formula is C16H11Cl2F2N3O3. The zero-order chi connectivity index (χ0) is 19.0. The third-order valence-electron chi connectivity index (χ3n) is 3.51. The Morgan fingerprint density at radius 1 is 1.08 bits per heavy atom. The number of halogens is 4. The number of methoxy groups -OCH3 is 2. The van der Waals surface area contributed by atoms with Gasteiger partial charge in [-0.1, -0.05) is 23.2 Å². The fraction of sp³-hybridized carbons (Fsp3) is 0.125. The molecule has 0 aliphatic rings. The van der Waals surface area contributed by atoms with E-state index in [4.69, 9.17) is 42.8 Å². The molecule has 2 N–H and O–H groups in total. The van der Waals surface area contributed by atoms with Gasteiger partial charge in [-0.2, -0.15) is 0 Å². The summed E-state index contributed by atoms with van der Waals surface area (Å²) in [6, 6.07) is 2.59. The van der Waals surface area contributed by atoms with E-state index in [0.717, 1.165) is 0 Å². The number of oxazole rings is 1. The number of hydrogen-bond acceptors (Lipinski definition) is 6. The third-order valence-corrected chi connectivity index (χ3v) is 4.19. The normalized spacial score (nSPS) is 10.8. The molecule has 3 aromatic rings. The third kappa shape index (κ3) is 2.91. The van der Waals surface area contributed by atoms with E-state index in [2.05, 4.69) is 9.97 Å². The highest BCUT2D eigenvalue weighted by molar-refractivity contribution is 6.35. The van der Waals surface area contributed by atoms with Gasteiger partial charge in [0.05, 0.1) is 30.0 Å². The minimum Gasteiger partial charge on any atom is -0.492 e. The maximum Gasteiger partial charge on any atom is 0.305 e. The van der Waals surface area contributed by atoms with Crippen LogP contribution < -0.4 is 15.2 Å². The van der Waals surface area contributed by atoms with Crippen molar-refractivity contribution in [3.05, 3.63) is 40.0 Å². The topological polar surface area (TPSA) is 83.4 Å². The number of hydrogen-bond donors (Lipinski definition) is 1. The standard InChI is InChI=1S/C16H11Cl2F2N3O3/c1-24-8-5-22-16(26-8)14-9(18)12(21)11(20)13(23-14)6-3-4-7(17)15(25-2)10(6)19/h3-5H,1-2H3,(H2,21,23). The van der Waals surface area contributed by atoms with Crippen molar-refractivity contribution in [3.63, 3.8) is 0 Å². The van der Waals surface area contributed by atoms with Gasteiger partial charge < -0.3 is 19.6 Å². The predicted molar refractivity (Wildman–Crippen MR) is 92.6 cm³/mol. The Morgan fingerprint density at radius 3 is 2.42 bits per heavy atom. The van der Waals surface area contributed by atoms with Crippen LogP contribution in [0.15, 0.2) is 22.7 Å². The highest BCUT2D eigenvalue weighted by Gasteiger charge is 2.25. The van der Waals surface area contributed by atoms with Crippen molar-refractivity contribution in [2.75, 3.05) is 20.0 Å². The molecule has 1 aromatic carbocycles. The Morgan fingerprint density at radius 2 is 1.81 bits per heavy atom. The van der Waals surface area contributed by atoms with Gasteiger partial charge in [0, 0.05) is 5.56 Å². The largest absolute Gasteiger partial charge is 0.492 e. The predicted octanol–water partition coefficient (Wildman–Crippen LogP) is 4.59. The summed E-state index contributed by atoms with van der Waals surface area (Å²) < 4.78 is 44.4. The second-order valence-corrected chi connectivity index (χ2v) is 5.77. The lowest BCUT2D eigenvalue weighted by Gasteiger charge is -2.12. The van der Waals surface area contributed by atoms with Crippen LogP contribution in [0.2, 0.25) is 10.0 Å². The minimum atomic E-state index is -0.999. The zero-order valence-electron chi connectivity index (χ0n) is 13.4. The number of rotatable bonds is 4. The summed E-state index contributed by atoms with van der Waals surface area (Å²) >= 11 is 11.9. The van der Waals surface area contributed by atoms with E-state index in [1.807, 2.05) is 0 Å². The number of nitrogens with two attached hydrogens (primary N) is 1. The molecule has 3 rings (SSSR count). The Labute approximate surface area is 156 Å². The van der Waals surface area contributed by atoms with Gasteiger partial charge in [0.15, 0.2) is 17.4 Å². The van der Waals surface area contributed by atoms with Gasteiger partial charge in [-0.3, -0.25) is 0 Å². The molecule has 0 amide bonds. The average molecular weight is 402 g/mol. The first-order valence-electron chi connectivity index (χ1n) is 7.06. The van der Waals surface area contributed by atoms with Crippen LogP contribution in [0.5, 0.6) is 11.7 Å². The molecule has 0 unspecified atom stereocenters. The van der Waals surface area contributed by atoms with Crippen molar-refractivity contribution in [3.8, 4) is 34.5 Å². The minimum absolute atomic E-state index is 0.0220. The summed E-state index contributed by atoms with van der Waals surface area (Å²) in [7, 11) is 2.61. The van der Waals surface area contributed by atoms with E-state index in [1.54, 1.807) is 0 Å². The molecule has 0 bridgehead atoms. The first kappa shape index (κ1) is 18.2. The Bertz CT molecular complexity index is 995. The molecule has 0 saturated heterocycles. The summed E-state index contributed by atoms with van der Waals surface area (Å²) in [4.78, 5) is 7.99. The van der Waals surface area contributed by atoms with E-state index < -0.39 is 23.0 Å². The fourth-order valence-electron chi connectivity index (χ4n) is 2.25. The second kappa shape index (κ2) is 6.97. The smallest absolute Gasteiger partial charge is 0.305 e. The van der Waals surface area contributed by atoms with Crippen molar-refractivity contribution in [1.82, 2.24) is 9.97 Å². The second-order valence-electron chi connectivity index (χ2n) is 4.98. The highest BCUT2D eigenvalue weighted by Crippen LogP contribution is 2.40. The fourth-order valence-corrected chi connectivity index (χ4v) is 2.68. The van der Waals surface area contributed by atoms with E-state index in [1.165, 1.54) is 32.5 Å². The summed E-state index contributed by atoms with van der Waals surface area (Å²) in [5.41, 5.74) is 4.60. The van der Waals surface area contributed by atoms with Gasteiger partial charge >= 0.3 is 5.95 Å². The summed E-state index contributed by atoms with van der Waals surface area (Å²) in [6.07, 6.45) is 1.28. The molecule has 26 heavy (non-hydrogen) atoms. The number of ether oxygens (including phenoxy) is 2. The molecule has 0 radical (unpaired) electrons. The van der Waals surface area contributed by atoms with Crippen LogP contribution in [-0.2, 0) is 0 Å². The molecule has 0 aliphatic carbocycles. The maximum absolute atomic E-state index is 14.7. The number of pyridine rings is 1. The summed E-state index contributed by atoms with van der Waals surface area (Å²) in [5, 5.41) is -0.203. The van der Waals surface area contributed by atoms with E-state index in [-0.39, 0.29) is 38.9 Å².